The Morgan fingerprint density at radius 1 is 1.17 bits per heavy atom. The zero-order valence-electron chi connectivity index (χ0n) is 22.6. The Morgan fingerprint density at radius 2 is 2.05 bits per heavy atom. The number of nitrogens with zero attached hydrogens (tertiary/aromatic N) is 6. The van der Waals surface area contributed by atoms with E-state index in [0.29, 0.717) is 56.7 Å². The molecule has 2 N–H and O–H groups in total. The van der Waals surface area contributed by atoms with Gasteiger partial charge in [0.05, 0.1) is 17.6 Å². The van der Waals surface area contributed by atoms with Gasteiger partial charge in [0.1, 0.15) is 23.9 Å². The van der Waals surface area contributed by atoms with Gasteiger partial charge in [0.15, 0.2) is 11.6 Å². The lowest BCUT2D eigenvalue weighted by atomic mass is 9.79. The Morgan fingerprint density at radius 3 is 2.79 bits per heavy atom. The molecule has 1 saturated carbocycles. The number of hydrogen-bond donors (Lipinski definition) is 2. The maximum atomic E-state index is 17.2. The predicted molar refractivity (Wildman–Crippen MR) is 159 cm³/mol. The first-order valence-corrected chi connectivity index (χ1v) is 14.4. The number of phenolic OH excluding ortho intramolecular Hbond substituents is 1. The minimum absolute atomic E-state index is 0.00901. The molecule has 8 nitrogen and oxygen atoms in total. The highest BCUT2D eigenvalue weighted by molar-refractivity contribution is 6.31. The lowest BCUT2D eigenvalue weighted by Gasteiger charge is -2.37. The fourth-order valence-corrected chi connectivity index (χ4v) is 7.33. The molecule has 3 atom stereocenters. The first-order valence-electron chi connectivity index (χ1n) is 14.0. The molecular formula is C32H25ClFN7O. The third-order valence-electron chi connectivity index (χ3n) is 8.97. The van der Waals surface area contributed by atoms with Crippen LogP contribution < -0.4 is 5.32 Å². The van der Waals surface area contributed by atoms with Crippen molar-refractivity contribution in [1.29, 1.82) is 5.26 Å². The minimum Gasteiger partial charge on any atom is -0.508 e. The number of aromatic hydroxyl groups is 1. The van der Waals surface area contributed by atoms with Crippen molar-refractivity contribution in [2.75, 3.05) is 6.54 Å². The van der Waals surface area contributed by atoms with Crippen LogP contribution in [-0.4, -0.2) is 42.0 Å². The topological polar surface area (TPSA) is 105 Å². The van der Waals surface area contributed by atoms with Gasteiger partial charge in [-0.25, -0.2) is 19.0 Å². The Hall–Kier alpha value is -4.52. The molecule has 3 aliphatic rings. The van der Waals surface area contributed by atoms with Crippen LogP contribution in [0.15, 0.2) is 55.1 Å². The summed E-state index contributed by atoms with van der Waals surface area (Å²) >= 11 is 6.38. The molecule has 2 bridgehead atoms. The Kier molecular flexibility index (Phi) is 5.55. The van der Waals surface area contributed by atoms with Crippen molar-refractivity contribution in [2.45, 2.75) is 38.3 Å². The number of nitrogens with one attached hydrogen (secondary N) is 1. The number of pyridine rings is 1. The van der Waals surface area contributed by atoms with Crippen molar-refractivity contribution < 1.29 is 9.50 Å². The van der Waals surface area contributed by atoms with Crippen LogP contribution in [0.3, 0.4) is 0 Å². The number of rotatable bonds is 5. The molecule has 2 aliphatic heterocycles. The molecule has 3 aromatic heterocycles. The third-order valence-corrected chi connectivity index (χ3v) is 9.20. The summed E-state index contributed by atoms with van der Waals surface area (Å²) in [5.74, 6) is 0.494. The number of benzene rings is 3. The number of halogens is 2. The van der Waals surface area contributed by atoms with Gasteiger partial charge in [-0.3, -0.25) is 0 Å². The zero-order valence-corrected chi connectivity index (χ0v) is 23.4. The van der Waals surface area contributed by atoms with Gasteiger partial charge in [0, 0.05) is 46.1 Å². The largest absolute Gasteiger partial charge is 0.508 e. The second-order valence-corrected chi connectivity index (χ2v) is 11.8. The van der Waals surface area contributed by atoms with E-state index in [-0.39, 0.29) is 23.7 Å². The molecule has 42 heavy (non-hydrogen) atoms. The van der Waals surface area contributed by atoms with E-state index in [9.17, 15) is 10.4 Å². The van der Waals surface area contributed by atoms with Gasteiger partial charge < -0.3 is 15.0 Å². The van der Waals surface area contributed by atoms with E-state index < -0.39 is 5.82 Å². The standard InChI is InChI=1S/C32H25ClFN7O/c1-16-7-25-31(41(16)30-19-10-26(30)37-13-19)24-9-18(3-2-6-35)27(28(34)29(24)39-32(25)40-15-36-14-38-40)23-12-21(42)8-17-4-5-20(33)11-22(17)23/h4-5,7-9,11-12,14-15,19,26,30,37,42H,2-3,10,13H2,1H3/t19-,26-,30+/m1/s1. The maximum Gasteiger partial charge on any atom is 0.165 e. The fraction of sp³-hybridized carbons (Fsp3) is 0.250. The van der Waals surface area contributed by atoms with Gasteiger partial charge in [-0.1, -0.05) is 17.7 Å². The van der Waals surface area contributed by atoms with Crippen molar-refractivity contribution in [3.05, 3.63) is 77.2 Å². The molecule has 0 unspecified atom stereocenters. The molecule has 10 heteroatoms. The first kappa shape index (κ1) is 25.2. The average molecular weight is 578 g/mol. The van der Waals surface area contributed by atoms with Crippen molar-refractivity contribution in [1.82, 2.24) is 29.6 Å². The van der Waals surface area contributed by atoms with Crippen LogP contribution in [-0.2, 0) is 6.42 Å². The van der Waals surface area contributed by atoms with E-state index in [4.69, 9.17) is 16.6 Å². The number of phenols is 1. The second-order valence-electron chi connectivity index (χ2n) is 11.3. The summed E-state index contributed by atoms with van der Waals surface area (Å²) in [6.45, 7) is 3.05. The van der Waals surface area contributed by atoms with Crippen LogP contribution >= 0.6 is 11.6 Å². The maximum absolute atomic E-state index is 17.2. The highest BCUT2D eigenvalue weighted by Gasteiger charge is 2.48. The number of aromatic nitrogens is 5. The molecule has 208 valence electrons. The van der Waals surface area contributed by atoms with E-state index in [0.717, 1.165) is 34.9 Å². The lowest BCUT2D eigenvalue weighted by molar-refractivity contribution is 0.223. The number of nitriles is 1. The summed E-state index contributed by atoms with van der Waals surface area (Å²) in [7, 11) is 0. The van der Waals surface area contributed by atoms with Crippen molar-refractivity contribution in [2.24, 2.45) is 5.92 Å². The molecule has 3 aromatic carbocycles. The summed E-state index contributed by atoms with van der Waals surface area (Å²) in [6.07, 6.45) is 4.67. The van der Waals surface area contributed by atoms with Gasteiger partial charge in [-0.2, -0.15) is 10.4 Å². The van der Waals surface area contributed by atoms with Crippen molar-refractivity contribution in [3.63, 3.8) is 0 Å². The van der Waals surface area contributed by atoms with Crippen molar-refractivity contribution >= 4 is 44.2 Å². The SMILES string of the molecule is Cc1cc2c(-n3cncn3)nc3c(F)c(-c4cc(O)cc5ccc(Cl)cc45)c(CCC#N)cc3c2n1[C@H]1[C@H]2CN[C@@H]1C2. The molecule has 6 aromatic rings. The quantitative estimate of drug-likeness (QED) is 0.246. The highest BCUT2D eigenvalue weighted by Crippen LogP contribution is 2.48. The summed E-state index contributed by atoms with van der Waals surface area (Å²) in [5, 5.41) is 31.6. The molecular weight excluding hydrogens is 553 g/mol. The Balaban J connectivity index is 1.51. The monoisotopic (exact) mass is 577 g/mol. The van der Waals surface area contributed by atoms with Gasteiger partial charge in [-0.05, 0) is 84.0 Å². The van der Waals surface area contributed by atoms with E-state index in [1.165, 1.54) is 6.33 Å². The Bertz CT molecular complexity index is 2100. The molecule has 9 rings (SSSR count). The molecule has 1 aliphatic carbocycles. The molecule has 2 saturated heterocycles. The van der Waals surface area contributed by atoms with Crippen LogP contribution in [0.2, 0.25) is 5.02 Å². The summed E-state index contributed by atoms with van der Waals surface area (Å²) in [4.78, 5) is 9.02. The summed E-state index contributed by atoms with van der Waals surface area (Å²) in [5.41, 5.74) is 3.64. The summed E-state index contributed by atoms with van der Waals surface area (Å²) in [6, 6.07) is 15.4. The van der Waals surface area contributed by atoms with Crippen LogP contribution in [0.4, 0.5) is 4.39 Å². The van der Waals surface area contributed by atoms with Crippen LogP contribution in [0.1, 0.15) is 30.1 Å². The van der Waals surface area contributed by atoms with Crippen LogP contribution in [0.5, 0.6) is 5.75 Å². The minimum atomic E-state index is -0.518. The van der Waals surface area contributed by atoms with Crippen molar-refractivity contribution in [3.8, 4) is 28.8 Å². The third kappa shape index (κ3) is 3.58. The average Bonchev–Trinajstić information content (AvgIpc) is 3.78. The zero-order chi connectivity index (χ0) is 28.7. The number of hydrogen-bond acceptors (Lipinski definition) is 6. The normalized spacial score (nSPS) is 19.5. The molecule has 3 fully saturated rings. The van der Waals surface area contributed by atoms with Gasteiger partial charge >= 0.3 is 0 Å². The smallest absolute Gasteiger partial charge is 0.165 e. The van der Waals surface area contributed by atoms with Gasteiger partial charge in [-0.15, -0.1) is 0 Å². The lowest BCUT2D eigenvalue weighted by Crippen LogP contribution is -2.39. The van der Waals surface area contributed by atoms with E-state index >= 15 is 4.39 Å². The van der Waals surface area contributed by atoms with Crippen LogP contribution in [0, 0.1) is 30.0 Å². The number of fused-ring (bicyclic) bond motifs is 5. The number of aryl methyl sites for hydroxylation is 2. The first-order chi connectivity index (χ1) is 20.4. The molecule has 0 amide bonds. The second kappa shape index (κ2) is 9.24. The molecule has 0 radical (unpaired) electrons. The van der Waals surface area contributed by atoms with Crippen LogP contribution in [0.25, 0.3) is 49.5 Å². The molecule has 0 spiro atoms. The van der Waals surface area contributed by atoms with E-state index in [2.05, 4.69) is 39.0 Å². The Labute approximate surface area is 245 Å². The van der Waals surface area contributed by atoms with E-state index in [1.807, 2.05) is 6.07 Å². The highest BCUT2D eigenvalue weighted by atomic mass is 35.5. The summed E-state index contributed by atoms with van der Waals surface area (Å²) < 4.78 is 21.1. The predicted octanol–water partition coefficient (Wildman–Crippen LogP) is 6.39. The van der Waals surface area contributed by atoms with E-state index in [1.54, 1.807) is 41.3 Å². The molecule has 5 heterocycles. The van der Waals surface area contributed by atoms with Gasteiger partial charge in [0.2, 0.25) is 0 Å². The fourth-order valence-electron chi connectivity index (χ4n) is 7.16. The van der Waals surface area contributed by atoms with Gasteiger partial charge in [0.25, 0.3) is 0 Å².